The van der Waals surface area contributed by atoms with Crippen LogP contribution in [0, 0.1) is 10.1 Å². The summed E-state index contributed by atoms with van der Waals surface area (Å²) in [6, 6.07) is 12.6. The highest BCUT2D eigenvalue weighted by Gasteiger charge is 2.33. The van der Waals surface area contributed by atoms with Crippen molar-refractivity contribution in [1.29, 1.82) is 0 Å². The number of allylic oxidation sites excluding steroid dienone is 1. The molecule has 2 heterocycles. The summed E-state index contributed by atoms with van der Waals surface area (Å²) in [6.45, 7) is 6.33. The largest absolute Gasteiger partial charge is 0.494 e. The van der Waals surface area contributed by atoms with Gasteiger partial charge in [0.25, 0.3) is 11.2 Å². The number of unbranched alkanes of at least 4 members (excludes halogenated alkanes) is 1. The summed E-state index contributed by atoms with van der Waals surface area (Å²) in [6.07, 6.45) is 3.57. The van der Waals surface area contributed by atoms with E-state index in [9.17, 15) is 19.7 Å². The van der Waals surface area contributed by atoms with Gasteiger partial charge < -0.3 is 9.47 Å². The zero-order valence-electron chi connectivity index (χ0n) is 20.8. The normalized spacial score (nSPS) is 15.2. The van der Waals surface area contributed by atoms with Gasteiger partial charge in [0.15, 0.2) is 4.80 Å². The maximum Gasteiger partial charge on any atom is 0.338 e. The molecule has 0 amide bonds. The molecule has 0 spiro atoms. The number of nitrogens with zero attached hydrogens (tertiary/aromatic N) is 3. The predicted octanol–water partition coefficient (Wildman–Crippen LogP) is 3.89. The van der Waals surface area contributed by atoms with Gasteiger partial charge in [-0.3, -0.25) is 19.5 Å². The van der Waals surface area contributed by atoms with Crippen molar-refractivity contribution in [3.8, 4) is 5.75 Å². The van der Waals surface area contributed by atoms with Gasteiger partial charge >= 0.3 is 5.97 Å². The first-order valence-electron chi connectivity index (χ1n) is 12.0. The van der Waals surface area contributed by atoms with E-state index in [-0.39, 0.29) is 23.4 Å². The highest BCUT2D eigenvalue weighted by Crippen LogP contribution is 2.31. The van der Waals surface area contributed by atoms with E-state index in [2.05, 4.69) is 11.9 Å². The van der Waals surface area contributed by atoms with Crippen molar-refractivity contribution in [1.82, 2.24) is 4.57 Å². The molecule has 0 aliphatic carbocycles. The Hall–Kier alpha value is -4.05. The summed E-state index contributed by atoms with van der Waals surface area (Å²) in [7, 11) is 0. The van der Waals surface area contributed by atoms with Gasteiger partial charge in [-0.2, -0.15) is 0 Å². The number of nitro benzene ring substituents is 1. The fraction of sp³-hybridized carbons (Fsp3) is 0.296. The van der Waals surface area contributed by atoms with Gasteiger partial charge in [0, 0.05) is 12.1 Å². The zero-order chi connectivity index (χ0) is 26.5. The van der Waals surface area contributed by atoms with Crippen molar-refractivity contribution in [2.24, 2.45) is 4.99 Å². The van der Waals surface area contributed by atoms with Crippen LogP contribution < -0.4 is 19.6 Å². The predicted molar refractivity (Wildman–Crippen MR) is 140 cm³/mol. The van der Waals surface area contributed by atoms with E-state index in [1.165, 1.54) is 16.7 Å². The first-order chi connectivity index (χ1) is 17.8. The third kappa shape index (κ3) is 5.54. The molecule has 1 aliphatic rings. The zero-order valence-corrected chi connectivity index (χ0v) is 21.6. The number of ether oxygens (including phenoxy) is 2. The van der Waals surface area contributed by atoms with Gasteiger partial charge in [-0.1, -0.05) is 48.9 Å². The minimum atomic E-state index is -0.743. The number of carbonyl (C=O) groups is 1. The van der Waals surface area contributed by atoms with Crippen LogP contribution in [0.1, 0.15) is 50.8 Å². The monoisotopic (exact) mass is 521 g/mol. The molecule has 3 aromatic rings. The Labute approximate surface area is 217 Å². The second kappa shape index (κ2) is 11.3. The molecule has 37 heavy (non-hydrogen) atoms. The molecule has 9 nitrogen and oxygen atoms in total. The lowest BCUT2D eigenvalue weighted by Crippen LogP contribution is -2.39. The third-order valence-electron chi connectivity index (χ3n) is 5.86. The first-order valence-corrected chi connectivity index (χ1v) is 12.8. The third-order valence-corrected chi connectivity index (χ3v) is 6.84. The van der Waals surface area contributed by atoms with E-state index in [1.54, 1.807) is 32.1 Å². The van der Waals surface area contributed by atoms with E-state index < -0.39 is 16.9 Å². The lowest BCUT2D eigenvalue weighted by Gasteiger charge is -2.24. The van der Waals surface area contributed by atoms with Gasteiger partial charge in [0.1, 0.15) is 5.75 Å². The Bertz CT molecular complexity index is 1540. The van der Waals surface area contributed by atoms with E-state index in [0.717, 1.165) is 24.2 Å². The van der Waals surface area contributed by atoms with Gasteiger partial charge in [0.05, 0.1) is 40.0 Å². The van der Waals surface area contributed by atoms with Crippen molar-refractivity contribution in [3.05, 3.63) is 101 Å². The molecule has 1 atom stereocenters. The topological polar surface area (TPSA) is 113 Å². The lowest BCUT2D eigenvalue weighted by molar-refractivity contribution is -0.384. The minimum Gasteiger partial charge on any atom is -0.494 e. The molecule has 1 aliphatic heterocycles. The minimum absolute atomic E-state index is 0.0684. The number of fused-ring (bicyclic) bond motifs is 1. The molecule has 0 saturated heterocycles. The molecule has 0 saturated carbocycles. The second-order valence-electron chi connectivity index (χ2n) is 8.43. The van der Waals surface area contributed by atoms with Crippen LogP contribution in [0.5, 0.6) is 5.75 Å². The summed E-state index contributed by atoms with van der Waals surface area (Å²) in [5.41, 5.74) is 1.57. The quantitative estimate of drug-likeness (QED) is 0.183. The van der Waals surface area contributed by atoms with Crippen molar-refractivity contribution in [3.63, 3.8) is 0 Å². The molecule has 10 heteroatoms. The molecule has 4 rings (SSSR count). The molecule has 1 aromatic heterocycles. The SMILES string of the molecule is CCCCOc1ccc(C2C(C(=O)OCC)=C(C)N=c3sc(=Cc4cccc([N+](=O)[O-])c4)c(=O)n32)cc1. The average molecular weight is 522 g/mol. The summed E-state index contributed by atoms with van der Waals surface area (Å²) in [4.78, 5) is 42.3. The summed E-state index contributed by atoms with van der Waals surface area (Å²) in [5, 5.41) is 11.2. The Balaban J connectivity index is 1.84. The number of hydrogen-bond acceptors (Lipinski definition) is 8. The van der Waals surface area contributed by atoms with Crippen LogP contribution in [0.25, 0.3) is 6.08 Å². The van der Waals surface area contributed by atoms with E-state index in [0.29, 0.717) is 38.5 Å². The number of thiazole rings is 1. The van der Waals surface area contributed by atoms with Crippen LogP contribution in [-0.2, 0) is 9.53 Å². The maximum atomic E-state index is 13.6. The Morgan fingerprint density at radius 3 is 2.65 bits per heavy atom. The molecular formula is C27H27N3O6S. The van der Waals surface area contributed by atoms with Gasteiger partial charge in [0.2, 0.25) is 0 Å². The standard InChI is InChI=1S/C27H27N3O6S/c1-4-6-14-36-21-12-10-19(11-13-21)24-23(26(32)35-5-2)17(3)28-27-29(24)25(31)22(37-27)16-18-8-7-9-20(15-18)30(33)34/h7-13,15-16,24H,4-6,14H2,1-3H3. The van der Waals surface area contributed by atoms with Crippen LogP contribution in [0.3, 0.4) is 0 Å². The number of benzene rings is 2. The van der Waals surface area contributed by atoms with E-state index in [1.807, 2.05) is 24.3 Å². The fourth-order valence-corrected chi connectivity index (χ4v) is 5.11. The highest BCUT2D eigenvalue weighted by molar-refractivity contribution is 7.07. The van der Waals surface area contributed by atoms with Gasteiger partial charge in [-0.25, -0.2) is 9.79 Å². The molecule has 1 unspecified atom stereocenters. The van der Waals surface area contributed by atoms with Crippen LogP contribution in [-0.4, -0.2) is 28.7 Å². The number of rotatable bonds is 9. The number of carbonyl (C=O) groups excluding carboxylic acids is 1. The molecular weight excluding hydrogens is 494 g/mol. The number of hydrogen-bond donors (Lipinski definition) is 0. The van der Waals surface area contributed by atoms with Crippen molar-refractivity contribution in [2.45, 2.75) is 39.7 Å². The Morgan fingerprint density at radius 2 is 1.97 bits per heavy atom. The first kappa shape index (κ1) is 26.0. The molecule has 0 N–H and O–H groups in total. The van der Waals surface area contributed by atoms with Gasteiger partial charge in [-0.15, -0.1) is 0 Å². The Kier molecular flexibility index (Phi) is 7.98. The van der Waals surface area contributed by atoms with Crippen molar-refractivity contribution < 1.29 is 19.2 Å². The van der Waals surface area contributed by atoms with Crippen LogP contribution >= 0.6 is 11.3 Å². The molecule has 2 aromatic carbocycles. The average Bonchev–Trinajstić information content (AvgIpc) is 3.18. The summed E-state index contributed by atoms with van der Waals surface area (Å²) >= 11 is 1.16. The fourth-order valence-electron chi connectivity index (χ4n) is 4.07. The van der Waals surface area contributed by atoms with Crippen LogP contribution in [0.15, 0.2) is 69.6 Å². The van der Waals surface area contributed by atoms with E-state index >= 15 is 0 Å². The smallest absolute Gasteiger partial charge is 0.338 e. The summed E-state index contributed by atoms with van der Waals surface area (Å²) < 4.78 is 12.9. The Morgan fingerprint density at radius 1 is 1.22 bits per heavy atom. The number of non-ortho nitro benzene ring substituents is 1. The number of aromatic nitrogens is 1. The number of esters is 1. The molecule has 0 bridgehead atoms. The second-order valence-corrected chi connectivity index (χ2v) is 9.43. The van der Waals surface area contributed by atoms with Crippen molar-refractivity contribution >= 4 is 29.1 Å². The molecule has 0 fully saturated rings. The lowest BCUT2D eigenvalue weighted by atomic mass is 9.96. The summed E-state index contributed by atoms with van der Waals surface area (Å²) in [5.74, 6) is 0.165. The van der Waals surface area contributed by atoms with Crippen LogP contribution in [0.4, 0.5) is 5.69 Å². The highest BCUT2D eigenvalue weighted by atomic mass is 32.1. The van der Waals surface area contributed by atoms with Crippen molar-refractivity contribution in [2.75, 3.05) is 13.2 Å². The maximum absolute atomic E-state index is 13.6. The molecule has 192 valence electrons. The number of nitro groups is 1. The van der Waals surface area contributed by atoms with E-state index in [4.69, 9.17) is 9.47 Å². The van der Waals surface area contributed by atoms with Crippen LogP contribution in [0.2, 0.25) is 0 Å². The molecule has 0 radical (unpaired) electrons. The van der Waals surface area contributed by atoms with Gasteiger partial charge in [-0.05, 0) is 49.6 Å².